The van der Waals surface area contributed by atoms with E-state index in [2.05, 4.69) is 4.98 Å². The normalized spacial score (nSPS) is 15.6. The molecule has 0 aliphatic heterocycles. The highest BCUT2D eigenvalue weighted by molar-refractivity contribution is 5.62. The second kappa shape index (κ2) is 9.37. The van der Waals surface area contributed by atoms with E-state index in [9.17, 15) is 4.79 Å². The zero-order valence-corrected chi connectivity index (χ0v) is 12.6. The Labute approximate surface area is 126 Å². The quantitative estimate of drug-likeness (QED) is 0.538. The van der Waals surface area contributed by atoms with E-state index in [-0.39, 0.29) is 5.88 Å². The molecule has 0 unspecified atom stereocenters. The van der Waals surface area contributed by atoms with Gasteiger partial charge >= 0.3 is 6.16 Å². The molecule has 1 aliphatic carbocycles. The first-order valence-corrected chi connectivity index (χ1v) is 8.10. The molecule has 1 aromatic rings. The van der Waals surface area contributed by atoms with E-state index >= 15 is 0 Å². The van der Waals surface area contributed by atoms with E-state index in [0.29, 0.717) is 6.61 Å². The predicted molar refractivity (Wildman–Crippen MR) is 81.3 cm³/mol. The fourth-order valence-electron chi connectivity index (χ4n) is 2.87. The van der Waals surface area contributed by atoms with E-state index in [0.717, 1.165) is 18.8 Å². The molecule has 21 heavy (non-hydrogen) atoms. The average molecular weight is 291 g/mol. The Morgan fingerprint density at radius 1 is 1.14 bits per heavy atom. The van der Waals surface area contributed by atoms with E-state index in [4.69, 9.17) is 9.47 Å². The van der Waals surface area contributed by atoms with Crippen molar-refractivity contribution >= 4 is 6.16 Å². The number of pyridine rings is 1. The molecule has 0 amide bonds. The molecule has 2 rings (SSSR count). The highest BCUT2D eigenvalue weighted by Crippen LogP contribution is 2.27. The standard InChI is InChI=1S/C17H25NO3/c19-17(21-16-12-6-7-13-18-16)20-14-8-2-5-11-15-9-3-1-4-10-15/h6-7,12-13,15H,1-5,8-11,14H2. The Hall–Kier alpha value is -1.58. The minimum Gasteiger partial charge on any atom is -0.434 e. The predicted octanol–water partition coefficient (Wildman–Crippen LogP) is 4.74. The molecule has 116 valence electrons. The molecule has 1 aromatic heterocycles. The topological polar surface area (TPSA) is 48.4 Å². The zero-order chi connectivity index (χ0) is 14.8. The van der Waals surface area contributed by atoms with Crippen LogP contribution in [-0.2, 0) is 4.74 Å². The van der Waals surface area contributed by atoms with Crippen molar-refractivity contribution in [1.82, 2.24) is 4.98 Å². The summed E-state index contributed by atoms with van der Waals surface area (Å²) in [7, 11) is 0. The molecule has 0 N–H and O–H groups in total. The average Bonchev–Trinajstić information content (AvgIpc) is 2.53. The first-order chi connectivity index (χ1) is 10.3. The van der Waals surface area contributed by atoms with Crippen LogP contribution in [0.3, 0.4) is 0 Å². The van der Waals surface area contributed by atoms with Crippen molar-refractivity contribution in [3.8, 4) is 5.88 Å². The van der Waals surface area contributed by atoms with E-state index in [1.165, 1.54) is 44.9 Å². The number of ether oxygens (including phenoxy) is 2. The maximum Gasteiger partial charge on any atom is 0.515 e. The highest BCUT2D eigenvalue weighted by atomic mass is 16.7. The van der Waals surface area contributed by atoms with Gasteiger partial charge in [0.1, 0.15) is 0 Å². The summed E-state index contributed by atoms with van der Waals surface area (Å²) in [5.74, 6) is 1.22. The third-order valence-corrected chi connectivity index (χ3v) is 4.03. The number of carbonyl (C=O) groups excluding carboxylic acids is 1. The van der Waals surface area contributed by atoms with Crippen molar-refractivity contribution < 1.29 is 14.3 Å². The lowest BCUT2D eigenvalue weighted by atomic mass is 9.86. The summed E-state index contributed by atoms with van der Waals surface area (Å²) >= 11 is 0. The largest absolute Gasteiger partial charge is 0.515 e. The maximum absolute atomic E-state index is 11.4. The van der Waals surface area contributed by atoms with Gasteiger partial charge < -0.3 is 9.47 Å². The van der Waals surface area contributed by atoms with Gasteiger partial charge in [-0.2, -0.15) is 0 Å². The lowest BCUT2D eigenvalue weighted by Gasteiger charge is -2.21. The van der Waals surface area contributed by atoms with Crippen LogP contribution in [0.25, 0.3) is 0 Å². The van der Waals surface area contributed by atoms with Gasteiger partial charge in [-0.25, -0.2) is 9.78 Å². The number of hydrogen-bond acceptors (Lipinski definition) is 4. The van der Waals surface area contributed by atoms with Crippen molar-refractivity contribution in [2.24, 2.45) is 5.92 Å². The second-order valence-corrected chi connectivity index (χ2v) is 5.72. The molecule has 4 heteroatoms. The molecule has 1 aliphatic rings. The summed E-state index contributed by atoms with van der Waals surface area (Å²) in [6.45, 7) is 0.427. The third-order valence-electron chi connectivity index (χ3n) is 4.03. The molecule has 0 aromatic carbocycles. The van der Waals surface area contributed by atoms with Crippen molar-refractivity contribution in [2.75, 3.05) is 6.61 Å². The molecular formula is C17H25NO3. The molecule has 0 atom stereocenters. The molecule has 0 bridgehead atoms. The van der Waals surface area contributed by atoms with Crippen LogP contribution in [0.1, 0.15) is 57.8 Å². The van der Waals surface area contributed by atoms with Crippen LogP contribution in [-0.4, -0.2) is 17.7 Å². The van der Waals surface area contributed by atoms with Crippen LogP contribution in [0, 0.1) is 5.92 Å². The minimum atomic E-state index is -0.666. The lowest BCUT2D eigenvalue weighted by molar-refractivity contribution is 0.0956. The Balaban J connectivity index is 1.46. The molecule has 0 spiro atoms. The van der Waals surface area contributed by atoms with Crippen LogP contribution in [0.4, 0.5) is 4.79 Å². The van der Waals surface area contributed by atoms with Crippen LogP contribution >= 0.6 is 0 Å². The summed E-state index contributed by atoms with van der Waals surface area (Å²) < 4.78 is 9.98. The number of hydrogen-bond donors (Lipinski definition) is 0. The van der Waals surface area contributed by atoms with Gasteiger partial charge in [-0.1, -0.05) is 57.4 Å². The third kappa shape index (κ3) is 6.61. The summed E-state index contributed by atoms with van der Waals surface area (Å²) in [6.07, 6.45) is 12.6. The summed E-state index contributed by atoms with van der Waals surface area (Å²) in [5.41, 5.74) is 0. The van der Waals surface area contributed by atoms with Gasteiger partial charge in [0.05, 0.1) is 6.61 Å². The van der Waals surface area contributed by atoms with Gasteiger partial charge in [0.15, 0.2) is 0 Å². The summed E-state index contributed by atoms with van der Waals surface area (Å²) in [5, 5.41) is 0. The lowest BCUT2D eigenvalue weighted by Crippen LogP contribution is -2.12. The van der Waals surface area contributed by atoms with Crippen molar-refractivity contribution in [3.63, 3.8) is 0 Å². The molecule has 4 nitrogen and oxygen atoms in total. The van der Waals surface area contributed by atoms with Gasteiger partial charge in [-0.3, -0.25) is 0 Å². The number of unbranched alkanes of at least 4 members (excludes halogenated alkanes) is 2. The summed E-state index contributed by atoms with van der Waals surface area (Å²) in [4.78, 5) is 15.3. The molecule has 0 saturated heterocycles. The Kier molecular flexibility index (Phi) is 7.05. The Morgan fingerprint density at radius 2 is 2.00 bits per heavy atom. The number of nitrogens with zero attached hydrogens (tertiary/aromatic N) is 1. The van der Waals surface area contributed by atoms with Crippen molar-refractivity contribution in [2.45, 2.75) is 57.8 Å². The number of rotatable bonds is 7. The van der Waals surface area contributed by atoms with Gasteiger partial charge in [-0.15, -0.1) is 0 Å². The molecule has 1 fully saturated rings. The maximum atomic E-state index is 11.4. The fourth-order valence-corrected chi connectivity index (χ4v) is 2.87. The summed E-state index contributed by atoms with van der Waals surface area (Å²) in [6, 6.07) is 5.16. The fraction of sp³-hybridized carbons (Fsp3) is 0.647. The second-order valence-electron chi connectivity index (χ2n) is 5.72. The number of aromatic nitrogens is 1. The molecule has 1 heterocycles. The molecule has 0 radical (unpaired) electrons. The van der Waals surface area contributed by atoms with Gasteiger partial charge in [-0.05, 0) is 18.4 Å². The van der Waals surface area contributed by atoms with Crippen LogP contribution < -0.4 is 4.74 Å². The minimum absolute atomic E-state index is 0.278. The molecular weight excluding hydrogens is 266 g/mol. The number of carbonyl (C=O) groups is 1. The highest BCUT2D eigenvalue weighted by Gasteiger charge is 2.12. The smallest absolute Gasteiger partial charge is 0.434 e. The molecule has 1 saturated carbocycles. The van der Waals surface area contributed by atoms with E-state index in [1.807, 2.05) is 0 Å². The Bertz CT molecular complexity index is 402. The first-order valence-electron chi connectivity index (χ1n) is 8.10. The van der Waals surface area contributed by atoms with Gasteiger partial charge in [0, 0.05) is 12.3 Å². The van der Waals surface area contributed by atoms with Crippen molar-refractivity contribution in [3.05, 3.63) is 24.4 Å². The zero-order valence-electron chi connectivity index (χ0n) is 12.6. The monoisotopic (exact) mass is 291 g/mol. The van der Waals surface area contributed by atoms with E-state index < -0.39 is 6.16 Å². The van der Waals surface area contributed by atoms with Crippen LogP contribution in [0.5, 0.6) is 5.88 Å². The van der Waals surface area contributed by atoms with Crippen LogP contribution in [0.15, 0.2) is 24.4 Å². The van der Waals surface area contributed by atoms with Gasteiger partial charge in [0.2, 0.25) is 5.88 Å². The van der Waals surface area contributed by atoms with Gasteiger partial charge in [0.25, 0.3) is 0 Å². The van der Waals surface area contributed by atoms with Crippen LogP contribution in [0.2, 0.25) is 0 Å². The Morgan fingerprint density at radius 3 is 2.76 bits per heavy atom. The van der Waals surface area contributed by atoms with Crippen molar-refractivity contribution in [1.29, 1.82) is 0 Å². The SMILES string of the molecule is O=C(OCCCCCC1CCCCC1)Oc1ccccn1. The first kappa shape index (κ1) is 15.8. The van der Waals surface area contributed by atoms with E-state index in [1.54, 1.807) is 24.4 Å².